The van der Waals surface area contributed by atoms with Crippen LogP contribution in [0.3, 0.4) is 0 Å². The van der Waals surface area contributed by atoms with Crippen LogP contribution in [0.25, 0.3) is 0 Å². The van der Waals surface area contributed by atoms with Gasteiger partial charge in [0.05, 0.1) is 12.3 Å². The molecule has 0 aromatic carbocycles. The first-order valence-corrected chi connectivity index (χ1v) is 9.03. The summed E-state index contributed by atoms with van der Waals surface area (Å²) >= 11 is 0. The van der Waals surface area contributed by atoms with Crippen LogP contribution < -0.4 is 5.32 Å². The average molecular weight is 312 g/mol. The van der Waals surface area contributed by atoms with E-state index >= 15 is 0 Å². The van der Waals surface area contributed by atoms with E-state index in [-0.39, 0.29) is 11.9 Å². The lowest BCUT2D eigenvalue weighted by molar-refractivity contribution is 0.0947. The number of carbonyl (C=O) groups excluding carboxylic acids is 1. The minimum atomic E-state index is -3.26. The third-order valence-corrected chi connectivity index (χ3v) is 5.43. The predicted octanol–water partition coefficient (Wildman–Crippen LogP) is 0.359. The Labute approximate surface area is 124 Å². The molecular formula is C13H20N4O3S. The second-order valence-corrected chi connectivity index (χ2v) is 7.82. The molecule has 1 N–H and O–H groups in total. The van der Waals surface area contributed by atoms with Gasteiger partial charge in [-0.1, -0.05) is 0 Å². The van der Waals surface area contributed by atoms with Crippen LogP contribution in [0.4, 0.5) is 0 Å². The molecule has 21 heavy (non-hydrogen) atoms. The molecule has 1 aromatic heterocycles. The smallest absolute Gasteiger partial charge is 0.271 e. The van der Waals surface area contributed by atoms with E-state index in [0.717, 1.165) is 0 Å². The number of imidazole rings is 1. The molecule has 1 unspecified atom stereocenters. The van der Waals surface area contributed by atoms with Gasteiger partial charge < -0.3 is 9.88 Å². The summed E-state index contributed by atoms with van der Waals surface area (Å²) in [5.41, 5.74) is 0.368. The van der Waals surface area contributed by atoms with Gasteiger partial charge in [0.15, 0.2) is 0 Å². The van der Waals surface area contributed by atoms with Gasteiger partial charge in [0.25, 0.3) is 5.91 Å². The molecule has 2 heterocycles. The number of hydrogen-bond acceptors (Lipinski definition) is 4. The molecule has 7 nitrogen and oxygen atoms in total. The molecule has 0 radical (unpaired) electrons. The Balaban J connectivity index is 1.78. The lowest BCUT2D eigenvalue weighted by Crippen LogP contribution is -2.40. The Hall–Kier alpha value is -1.41. The maximum Gasteiger partial charge on any atom is 0.271 e. The molecule has 1 amide bonds. The molecular weight excluding hydrogens is 292 g/mol. The molecule has 3 rings (SSSR count). The number of amides is 1. The molecule has 1 atom stereocenters. The fraction of sp³-hybridized carbons (Fsp3) is 0.692. The molecule has 1 fully saturated rings. The molecule has 0 spiro atoms. The van der Waals surface area contributed by atoms with E-state index in [0.29, 0.717) is 37.1 Å². The first kappa shape index (κ1) is 14.5. The summed E-state index contributed by atoms with van der Waals surface area (Å²) in [5, 5.41) is 2.88. The van der Waals surface area contributed by atoms with Crippen molar-refractivity contribution >= 4 is 15.9 Å². The minimum absolute atomic E-state index is 0.179. The van der Waals surface area contributed by atoms with Gasteiger partial charge in [-0.25, -0.2) is 13.4 Å². The molecule has 1 aliphatic heterocycles. The zero-order valence-corrected chi connectivity index (χ0v) is 13.1. The van der Waals surface area contributed by atoms with E-state index in [1.165, 1.54) is 23.4 Å². The molecule has 2 aliphatic rings. The van der Waals surface area contributed by atoms with Crippen molar-refractivity contribution in [3.63, 3.8) is 0 Å². The predicted molar refractivity (Wildman–Crippen MR) is 77.2 cm³/mol. The standard InChI is InChI=1S/C13H20N4O3S/c1-9-12-15-11(13(18)14-7-10-3-4-10)8-16(12)5-6-17(9)21(2,19)20/h8-10H,3-7H2,1-2H3,(H,14,18). The van der Waals surface area contributed by atoms with Gasteiger partial charge in [-0.2, -0.15) is 4.31 Å². The molecule has 1 saturated carbocycles. The van der Waals surface area contributed by atoms with Crippen molar-refractivity contribution in [1.82, 2.24) is 19.2 Å². The van der Waals surface area contributed by atoms with Crippen molar-refractivity contribution in [3.05, 3.63) is 17.7 Å². The third kappa shape index (κ3) is 2.96. The number of nitrogens with zero attached hydrogens (tertiary/aromatic N) is 3. The zero-order valence-electron chi connectivity index (χ0n) is 12.2. The monoisotopic (exact) mass is 312 g/mol. The second-order valence-electron chi connectivity index (χ2n) is 5.88. The van der Waals surface area contributed by atoms with E-state index in [1.807, 2.05) is 4.57 Å². The molecule has 0 saturated heterocycles. The zero-order chi connectivity index (χ0) is 15.2. The van der Waals surface area contributed by atoms with Crippen molar-refractivity contribution in [2.24, 2.45) is 5.92 Å². The summed E-state index contributed by atoms with van der Waals surface area (Å²) in [4.78, 5) is 16.4. The fourth-order valence-electron chi connectivity index (χ4n) is 2.68. The van der Waals surface area contributed by atoms with Crippen LogP contribution in [0.1, 0.15) is 42.1 Å². The second kappa shape index (κ2) is 5.10. The molecule has 116 valence electrons. The van der Waals surface area contributed by atoms with Gasteiger partial charge >= 0.3 is 0 Å². The summed E-state index contributed by atoms with van der Waals surface area (Å²) in [6, 6.07) is -0.348. The molecule has 8 heteroatoms. The van der Waals surface area contributed by atoms with Gasteiger partial charge in [-0.05, 0) is 25.7 Å². The SMILES string of the molecule is CC1c2nc(C(=O)NCC3CC3)cn2CCN1S(C)(=O)=O. The van der Waals surface area contributed by atoms with Crippen molar-refractivity contribution in [1.29, 1.82) is 0 Å². The van der Waals surface area contributed by atoms with Crippen molar-refractivity contribution in [2.45, 2.75) is 32.4 Å². The van der Waals surface area contributed by atoms with Crippen LogP contribution in [0.2, 0.25) is 0 Å². The van der Waals surface area contributed by atoms with E-state index in [1.54, 1.807) is 13.1 Å². The van der Waals surface area contributed by atoms with Crippen LogP contribution in [0.15, 0.2) is 6.20 Å². The highest BCUT2D eigenvalue weighted by Gasteiger charge is 2.32. The van der Waals surface area contributed by atoms with E-state index in [2.05, 4.69) is 10.3 Å². The number of aromatic nitrogens is 2. The Kier molecular flexibility index (Phi) is 3.53. The number of rotatable bonds is 4. The third-order valence-electron chi connectivity index (χ3n) is 4.08. The Bertz CT molecular complexity index is 663. The lowest BCUT2D eigenvalue weighted by Gasteiger charge is -2.31. The van der Waals surface area contributed by atoms with Crippen LogP contribution in [0.5, 0.6) is 0 Å². The van der Waals surface area contributed by atoms with Crippen molar-refractivity contribution in [3.8, 4) is 0 Å². The van der Waals surface area contributed by atoms with E-state index in [4.69, 9.17) is 0 Å². The summed E-state index contributed by atoms with van der Waals surface area (Å²) in [7, 11) is -3.26. The number of hydrogen-bond donors (Lipinski definition) is 1. The first-order chi connectivity index (χ1) is 9.86. The Morgan fingerprint density at radius 3 is 2.76 bits per heavy atom. The lowest BCUT2D eigenvalue weighted by atomic mass is 10.2. The minimum Gasteiger partial charge on any atom is -0.350 e. The van der Waals surface area contributed by atoms with Crippen LogP contribution >= 0.6 is 0 Å². The Morgan fingerprint density at radius 2 is 2.14 bits per heavy atom. The molecule has 0 bridgehead atoms. The van der Waals surface area contributed by atoms with Crippen molar-refractivity contribution < 1.29 is 13.2 Å². The van der Waals surface area contributed by atoms with E-state index < -0.39 is 10.0 Å². The molecule has 1 aliphatic carbocycles. The maximum atomic E-state index is 12.1. The number of sulfonamides is 1. The van der Waals surface area contributed by atoms with Crippen molar-refractivity contribution in [2.75, 3.05) is 19.3 Å². The summed E-state index contributed by atoms with van der Waals surface area (Å²) in [6.07, 6.45) is 5.28. The number of fused-ring (bicyclic) bond motifs is 1. The fourth-order valence-corrected chi connectivity index (χ4v) is 3.77. The van der Waals surface area contributed by atoms with Crippen LogP contribution in [-0.2, 0) is 16.6 Å². The largest absolute Gasteiger partial charge is 0.350 e. The normalized spacial score (nSPS) is 22.9. The highest BCUT2D eigenvalue weighted by molar-refractivity contribution is 7.88. The summed E-state index contributed by atoms with van der Waals surface area (Å²) < 4.78 is 26.8. The van der Waals surface area contributed by atoms with E-state index in [9.17, 15) is 13.2 Å². The first-order valence-electron chi connectivity index (χ1n) is 7.18. The highest BCUT2D eigenvalue weighted by atomic mass is 32.2. The Morgan fingerprint density at radius 1 is 1.43 bits per heavy atom. The highest BCUT2D eigenvalue weighted by Crippen LogP contribution is 2.28. The molecule has 1 aromatic rings. The van der Waals surface area contributed by atoms with Gasteiger partial charge in [0.1, 0.15) is 11.5 Å². The average Bonchev–Trinajstić information content (AvgIpc) is 3.12. The number of carbonyl (C=O) groups is 1. The van der Waals surface area contributed by atoms with Crippen LogP contribution in [0, 0.1) is 5.92 Å². The van der Waals surface area contributed by atoms with Gasteiger partial charge in [-0.15, -0.1) is 0 Å². The van der Waals surface area contributed by atoms with Crippen LogP contribution in [-0.4, -0.2) is 47.5 Å². The summed E-state index contributed by atoms with van der Waals surface area (Å²) in [5.74, 6) is 1.07. The maximum absolute atomic E-state index is 12.1. The quantitative estimate of drug-likeness (QED) is 0.870. The topological polar surface area (TPSA) is 84.3 Å². The summed E-state index contributed by atoms with van der Waals surface area (Å²) in [6.45, 7) is 3.43. The van der Waals surface area contributed by atoms with Gasteiger partial charge in [0.2, 0.25) is 10.0 Å². The number of nitrogens with one attached hydrogen (secondary N) is 1. The van der Waals surface area contributed by atoms with Gasteiger partial charge in [-0.3, -0.25) is 4.79 Å². The van der Waals surface area contributed by atoms with Gasteiger partial charge in [0, 0.05) is 25.8 Å².